The van der Waals surface area contributed by atoms with E-state index in [4.69, 9.17) is 4.74 Å². The zero-order valence-electron chi connectivity index (χ0n) is 16.4. The number of fused-ring (bicyclic) bond motifs is 1. The number of aromatic nitrogens is 2. The minimum absolute atomic E-state index is 0.0895. The Hall–Kier alpha value is -2.62. The number of alkyl halides is 3. The lowest BCUT2D eigenvalue weighted by Gasteiger charge is -2.43. The summed E-state index contributed by atoms with van der Waals surface area (Å²) >= 11 is 0. The number of benzene rings is 1. The van der Waals surface area contributed by atoms with E-state index < -0.39 is 29.6 Å². The molecule has 162 valence electrons. The molecule has 3 heterocycles. The van der Waals surface area contributed by atoms with Gasteiger partial charge in [0, 0.05) is 31.3 Å². The standard InChI is InChI=1S/C20H22F4N4O2/c1-13(14-4-2-3-5-15(14)21)28-16(20(22,23)24)6-7-27-18(29)12-17(25-19(27)28)26-8-10-30-11-9-26/h2-5,12-13,16H,6-11H2,1H3/t13-,16+/m1/s1. The highest BCUT2D eigenvalue weighted by atomic mass is 19.4. The van der Waals surface area contributed by atoms with Gasteiger partial charge in [0.05, 0.1) is 19.3 Å². The lowest BCUT2D eigenvalue weighted by Crippen LogP contribution is -2.53. The van der Waals surface area contributed by atoms with Crippen molar-refractivity contribution in [1.29, 1.82) is 0 Å². The number of rotatable bonds is 3. The molecule has 4 rings (SSSR count). The second kappa shape index (κ2) is 7.90. The maximum atomic E-state index is 14.4. The van der Waals surface area contributed by atoms with E-state index in [1.54, 1.807) is 6.07 Å². The van der Waals surface area contributed by atoms with Gasteiger partial charge < -0.3 is 14.5 Å². The predicted octanol–water partition coefficient (Wildman–Crippen LogP) is 3.12. The molecule has 2 aliphatic rings. The summed E-state index contributed by atoms with van der Waals surface area (Å²) in [6, 6.07) is 4.21. The van der Waals surface area contributed by atoms with Gasteiger partial charge in [-0.15, -0.1) is 0 Å². The van der Waals surface area contributed by atoms with Crippen LogP contribution in [0.25, 0.3) is 0 Å². The minimum atomic E-state index is -4.56. The summed E-state index contributed by atoms with van der Waals surface area (Å²) in [4.78, 5) is 20.0. The summed E-state index contributed by atoms with van der Waals surface area (Å²) < 4.78 is 62.8. The van der Waals surface area contributed by atoms with Crippen LogP contribution < -0.4 is 15.4 Å². The molecule has 1 fully saturated rings. The summed E-state index contributed by atoms with van der Waals surface area (Å²) in [5.41, 5.74) is -0.306. The van der Waals surface area contributed by atoms with Crippen molar-refractivity contribution in [3.05, 3.63) is 52.1 Å². The molecule has 6 nitrogen and oxygen atoms in total. The molecule has 1 aromatic carbocycles. The molecule has 1 aromatic heterocycles. The van der Waals surface area contributed by atoms with E-state index in [2.05, 4.69) is 4.98 Å². The van der Waals surface area contributed by atoms with Gasteiger partial charge in [-0.3, -0.25) is 9.36 Å². The normalized spacial score (nSPS) is 20.8. The van der Waals surface area contributed by atoms with Crippen LogP contribution in [-0.2, 0) is 11.3 Å². The lowest BCUT2D eigenvalue weighted by atomic mass is 10.0. The third kappa shape index (κ3) is 3.76. The average Bonchev–Trinajstić information content (AvgIpc) is 2.72. The summed E-state index contributed by atoms with van der Waals surface area (Å²) in [5, 5.41) is 0. The van der Waals surface area contributed by atoms with Crippen LogP contribution in [0.1, 0.15) is 24.9 Å². The second-order valence-corrected chi connectivity index (χ2v) is 7.45. The van der Waals surface area contributed by atoms with Crippen molar-refractivity contribution in [3.8, 4) is 0 Å². The summed E-state index contributed by atoms with van der Waals surface area (Å²) in [6.07, 6.45) is -4.87. The Morgan fingerprint density at radius 2 is 1.87 bits per heavy atom. The number of halogens is 4. The monoisotopic (exact) mass is 426 g/mol. The Morgan fingerprint density at radius 3 is 2.53 bits per heavy atom. The molecule has 0 saturated carbocycles. The van der Waals surface area contributed by atoms with Crippen molar-refractivity contribution >= 4 is 11.8 Å². The molecular weight excluding hydrogens is 404 g/mol. The van der Waals surface area contributed by atoms with E-state index >= 15 is 0 Å². The molecule has 0 unspecified atom stereocenters. The van der Waals surface area contributed by atoms with Gasteiger partial charge in [0.2, 0.25) is 5.95 Å². The van der Waals surface area contributed by atoms with E-state index in [9.17, 15) is 22.4 Å². The molecule has 2 aliphatic heterocycles. The molecule has 10 heteroatoms. The highest BCUT2D eigenvalue weighted by Gasteiger charge is 2.48. The Morgan fingerprint density at radius 1 is 1.17 bits per heavy atom. The summed E-state index contributed by atoms with van der Waals surface area (Å²) in [6.45, 7) is 3.26. The number of anilines is 2. The highest BCUT2D eigenvalue weighted by molar-refractivity contribution is 5.48. The first-order valence-corrected chi connectivity index (χ1v) is 9.81. The molecular formula is C20H22F4N4O2. The van der Waals surface area contributed by atoms with E-state index in [0.717, 1.165) is 4.90 Å². The molecule has 30 heavy (non-hydrogen) atoms. The van der Waals surface area contributed by atoms with Gasteiger partial charge in [0.1, 0.15) is 17.7 Å². The zero-order valence-corrected chi connectivity index (χ0v) is 16.4. The van der Waals surface area contributed by atoms with E-state index in [1.807, 2.05) is 4.90 Å². The fourth-order valence-electron chi connectivity index (χ4n) is 4.10. The van der Waals surface area contributed by atoms with Crippen LogP contribution in [-0.4, -0.2) is 48.1 Å². The van der Waals surface area contributed by atoms with E-state index in [0.29, 0.717) is 32.1 Å². The Bertz CT molecular complexity index is 972. The predicted molar refractivity (Wildman–Crippen MR) is 103 cm³/mol. The van der Waals surface area contributed by atoms with Crippen molar-refractivity contribution < 1.29 is 22.3 Å². The molecule has 2 atom stereocenters. The molecule has 0 radical (unpaired) electrons. The number of ether oxygens (including phenoxy) is 1. The van der Waals surface area contributed by atoms with Gasteiger partial charge in [0.25, 0.3) is 5.56 Å². The van der Waals surface area contributed by atoms with Crippen molar-refractivity contribution in [3.63, 3.8) is 0 Å². The van der Waals surface area contributed by atoms with Crippen molar-refractivity contribution in [2.75, 3.05) is 36.1 Å². The number of hydrogen-bond acceptors (Lipinski definition) is 5. The maximum Gasteiger partial charge on any atom is 0.408 e. The maximum absolute atomic E-state index is 14.4. The van der Waals surface area contributed by atoms with Crippen LogP contribution in [0, 0.1) is 5.82 Å². The molecule has 0 amide bonds. The van der Waals surface area contributed by atoms with Crippen LogP contribution in [0.4, 0.5) is 29.3 Å². The Kier molecular flexibility index (Phi) is 5.44. The third-order valence-corrected chi connectivity index (χ3v) is 5.65. The minimum Gasteiger partial charge on any atom is -0.378 e. The van der Waals surface area contributed by atoms with Crippen LogP contribution in [0.3, 0.4) is 0 Å². The van der Waals surface area contributed by atoms with Crippen molar-refractivity contribution in [2.45, 2.75) is 38.1 Å². The van der Waals surface area contributed by atoms with Crippen LogP contribution in [0.5, 0.6) is 0 Å². The Balaban J connectivity index is 1.84. The fraction of sp³-hybridized carbons (Fsp3) is 0.500. The van der Waals surface area contributed by atoms with Gasteiger partial charge in [0.15, 0.2) is 0 Å². The number of morpholine rings is 1. The molecule has 0 N–H and O–H groups in total. The van der Waals surface area contributed by atoms with Crippen molar-refractivity contribution in [2.24, 2.45) is 0 Å². The van der Waals surface area contributed by atoms with Crippen LogP contribution >= 0.6 is 0 Å². The van der Waals surface area contributed by atoms with Gasteiger partial charge in [-0.05, 0) is 19.4 Å². The lowest BCUT2D eigenvalue weighted by molar-refractivity contribution is -0.154. The summed E-state index contributed by atoms with van der Waals surface area (Å²) in [7, 11) is 0. The van der Waals surface area contributed by atoms with E-state index in [-0.39, 0.29) is 24.5 Å². The molecule has 0 aliphatic carbocycles. The molecule has 0 bridgehead atoms. The third-order valence-electron chi connectivity index (χ3n) is 5.65. The molecule has 1 saturated heterocycles. The van der Waals surface area contributed by atoms with Gasteiger partial charge in [-0.25, -0.2) is 4.39 Å². The van der Waals surface area contributed by atoms with E-state index in [1.165, 1.54) is 35.8 Å². The van der Waals surface area contributed by atoms with Crippen molar-refractivity contribution in [1.82, 2.24) is 9.55 Å². The molecule has 0 spiro atoms. The summed E-state index contributed by atoms with van der Waals surface area (Å²) in [5.74, 6) is -0.383. The second-order valence-electron chi connectivity index (χ2n) is 7.45. The quantitative estimate of drug-likeness (QED) is 0.706. The number of nitrogens with zero attached hydrogens (tertiary/aromatic N) is 4. The fourth-order valence-corrected chi connectivity index (χ4v) is 4.10. The zero-order chi connectivity index (χ0) is 21.5. The smallest absolute Gasteiger partial charge is 0.378 e. The first kappa shape index (κ1) is 20.6. The topological polar surface area (TPSA) is 50.6 Å². The van der Waals surface area contributed by atoms with Gasteiger partial charge in [-0.1, -0.05) is 18.2 Å². The largest absolute Gasteiger partial charge is 0.408 e. The first-order chi connectivity index (χ1) is 14.3. The van der Waals surface area contributed by atoms with Crippen LogP contribution in [0.15, 0.2) is 35.1 Å². The van der Waals surface area contributed by atoms with Gasteiger partial charge >= 0.3 is 6.18 Å². The van der Waals surface area contributed by atoms with Crippen LogP contribution in [0.2, 0.25) is 0 Å². The highest BCUT2D eigenvalue weighted by Crippen LogP contribution is 2.40. The average molecular weight is 426 g/mol. The number of hydrogen-bond donors (Lipinski definition) is 0. The first-order valence-electron chi connectivity index (χ1n) is 9.81. The Labute approximate surface area is 170 Å². The van der Waals surface area contributed by atoms with Gasteiger partial charge in [-0.2, -0.15) is 18.2 Å². The SMILES string of the molecule is C[C@H](c1ccccc1F)N1c2nc(N3CCOCC3)cc(=O)n2CC[C@H]1C(F)(F)F. The molecule has 2 aromatic rings.